The van der Waals surface area contributed by atoms with E-state index >= 15 is 0 Å². The number of para-hydroxylation sites is 2. The standard InChI is InChI=1S/C16H21N3O3/c1-11(2)16(4,10-17)19-15(21)9-22-14-8-6-5-7-13(14)18-12(3)20/h5-8,11H,9H2,1-4H3,(H,18,20)(H,19,21)/t16-/m0/s1. The van der Waals surface area contributed by atoms with Gasteiger partial charge in [-0.05, 0) is 25.0 Å². The van der Waals surface area contributed by atoms with Gasteiger partial charge in [0.1, 0.15) is 11.3 Å². The highest BCUT2D eigenvalue weighted by Gasteiger charge is 2.30. The lowest BCUT2D eigenvalue weighted by molar-refractivity contribution is -0.124. The van der Waals surface area contributed by atoms with Gasteiger partial charge in [0.05, 0.1) is 11.8 Å². The largest absolute Gasteiger partial charge is 0.482 e. The first-order valence-electron chi connectivity index (χ1n) is 7.00. The van der Waals surface area contributed by atoms with Crippen LogP contribution < -0.4 is 15.4 Å². The molecule has 1 aromatic carbocycles. The molecule has 0 unspecified atom stereocenters. The zero-order valence-corrected chi connectivity index (χ0v) is 13.3. The Kier molecular flexibility index (Phi) is 5.93. The van der Waals surface area contributed by atoms with Crippen LogP contribution in [-0.2, 0) is 9.59 Å². The average molecular weight is 303 g/mol. The van der Waals surface area contributed by atoms with Gasteiger partial charge in [-0.1, -0.05) is 26.0 Å². The number of ether oxygens (including phenoxy) is 1. The maximum absolute atomic E-state index is 12.0. The summed E-state index contributed by atoms with van der Waals surface area (Å²) in [6, 6.07) is 8.94. The van der Waals surface area contributed by atoms with E-state index in [-0.39, 0.29) is 18.4 Å². The predicted octanol–water partition coefficient (Wildman–Crippen LogP) is 2.08. The first-order valence-corrected chi connectivity index (χ1v) is 7.00. The molecule has 1 rings (SSSR count). The maximum Gasteiger partial charge on any atom is 0.259 e. The second-order valence-corrected chi connectivity index (χ2v) is 5.48. The van der Waals surface area contributed by atoms with Gasteiger partial charge in [0.15, 0.2) is 6.61 Å². The van der Waals surface area contributed by atoms with Crippen LogP contribution in [0, 0.1) is 17.2 Å². The number of nitriles is 1. The van der Waals surface area contributed by atoms with Gasteiger partial charge in [0.25, 0.3) is 5.91 Å². The Morgan fingerprint density at radius 1 is 1.36 bits per heavy atom. The van der Waals surface area contributed by atoms with Crippen molar-refractivity contribution in [2.75, 3.05) is 11.9 Å². The van der Waals surface area contributed by atoms with Crippen LogP contribution >= 0.6 is 0 Å². The van der Waals surface area contributed by atoms with Crippen molar-refractivity contribution in [1.29, 1.82) is 5.26 Å². The van der Waals surface area contributed by atoms with E-state index in [4.69, 9.17) is 4.74 Å². The molecule has 0 fully saturated rings. The van der Waals surface area contributed by atoms with Crippen LogP contribution in [0.5, 0.6) is 5.75 Å². The fraction of sp³-hybridized carbons (Fsp3) is 0.438. The second kappa shape index (κ2) is 7.46. The minimum absolute atomic E-state index is 0.0342. The Morgan fingerprint density at radius 3 is 2.55 bits per heavy atom. The first-order chi connectivity index (χ1) is 10.3. The number of anilines is 1. The number of carbonyl (C=O) groups is 2. The van der Waals surface area contributed by atoms with Crippen molar-refractivity contribution in [1.82, 2.24) is 5.32 Å². The Hall–Kier alpha value is -2.55. The van der Waals surface area contributed by atoms with E-state index in [1.165, 1.54) is 6.92 Å². The van der Waals surface area contributed by atoms with Crippen LogP contribution in [0.2, 0.25) is 0 Å². The molecule has 118 valence electrons. The van der Waals surface area contributed by atoms with Gasteiger partial charge in [0, 0.05) is 6.92 Å². The first kappa shape index (κ1) is 17.5. The zero-order valence-electron chi connectivity index (χ0n) is 13.3. The molecule has 0 radical (unpaired) electrons. The third kappa shape index (κ3) is 4.77. The monoisotopic (exact) mass is 303 g/mol. The number of hydrogen-bond donors (Lipinski definition) is 2. The molecule has 2 N–H and O–H groups in total. The molecule has 1 atom stereocenters. The van der Waals surface area contributed by atoms with Gasteiger partial charge in [-0.2, -0.15) is 5.26 Å². The summed E-state index contributed by atoms with van der Waals surface area (Å²) in [6.07, 6.45) is 0. The van der Waals surface area contributed by atoms with E-state index in [9.17, 15) is 14.9 Å². The van der Waals surface area contributed by atoms with Gasteiger partial charge in [0.2, 0.25) is 5.91 Å². The zero-order chi connectivity index (χ0) is 16.8. The van der Waals surface area contributed by atoms with Gasteiger partial charge in [-0.3, -0.25) is 9.59 Å². The number of benzene rings is 1. The van der Waals surface area contributed by atoms with Crippen LogP contribution in [0.25, 0.3) is 0 Å². The van der Waals surface area contributed by atoms with Crippen molar-refractivity contribution in [2.24, 2.45) is 5.92 Å². The second-order valence-electron chi connectivity index (χ2n) is 5.48. The fourth-order valence-corrected chi connectivity index (χ4v) is 1.66. The quantitative estimate of drug-likeness (QED) is 0.841. The molecule has 0 saturated carbocycles. The van der Waals surface area contributed by atoms with Crippen LogP contribution in [0.4, 0.5) is 5.69 Å². The van der Waals surface area contributed by atoms with E-state index in [0.717, 1.165) is 0 Å². The van der Waals surface area contributed by atoms with Crippen LogP contribution in [-0.4, -0.2) is 24.0 Å². The number of hydrogen-bond acceptors (Lipinski definition) is 4. The molecule has 0 spiro atoms. The van der Waals surface area contributed by atoms with Gasteiger partial charge < -0.3 is 15.4 Å². The highest BCUT2D eigenvalue weighted by molar-refractivity contribution is 5.90. The molecular formula is C16H21N3O3. The minimum Gasteiger partial charge on any atom is -0.482 e. The number of nitrogens with one attached hydrogen (secondary N) is 2. The Bertz CT molecular complexity index is 593. The molecule has 0 heterocycles. The molecule has 2 amide bonds. The summed E-state index contributed by atoms with van der Waals surface area (Å²) in [4.78, 5) is 23.1. The molecule has 0 saturated heterocycles. The van der Waals surface area contributed by atoms with E-state index in [0.29, 0.717) is 11.4 Å². The summed E-state index contributed by atoms with van der Waals surface area (Å²) in [6.45, 7) is 6.54. The normalized spacial score (nSPS) is 12.9. The highest BCUT2D eigenvalue weighted by Crippen LogP contribution is 2.23. The Balaban J connectivity index is 2.69. The number of carbonyl (C=O) groups excluding carboxylic acids is 2. The average Bonchev–Trinajstić information content (AvgIpc) is 2.45. The third-order valence-electron chi connectivity index (χ3n) is 3.34. The molecule has 0 aromatic heterocycles. The van der Waals surface area contributed by atoms with E-state index in [2.05, 4.69) is 16.7 Å². The third-order valence-corrected chi connectivity index (χ3v) is 3.34. The van der Waals surface area contributed by atoms with Crippen molar-refractivity contribution >= 4 is 17.5 Å². The van der Waals surface area contributed by atoms with Crippen molar-refractivity contribution in [3.63, 3.8) is 0 Å². The van der Waals surface area contributed by atoms with Crippen molar-refractivity contribution in [2.45, 2.75) is 33.2 Å². The number of amides is 2. The van der Waals surface area contributed by atoms with E-state index in [1.54, 1.807) is 31.2 Å². The van der Waals surface area contributed by atoms with Gasteiger partial charge in [-0.25, -0.2) is 0 Å². The van der Waals surface area contributed by atoms with Crippen LogP contribution in [0.3, 0.4) is 0 Å². The Morgan fingerprint density at radius 2 is 2.00 bits per heavy atom. The van der Waals surface area contributed by atoms with Gasteiger partial charge in [-0.15, -0.1) is 0 Å². The fourth-order valence-electron chi connectivity index (χ4n) is 1.66. The summed E-state index contributed by atoms with van der Waals surface area (Å²) in [5.41, 5.74) is -0.452. The SMILES string of the molecule is CC(=O)Nc1ccccc1OCC(=O)N[C@@](C)(C#N)C(C)C. The molecule has 0 aliphatic heterocycles. The van der Waals surface area contributed by atoms with Crippen molar-refractivity contribution in [3.05, 3.63) is 24.3 Å². The highest BCUT2D eigenvalue weighted by atomic mass is 16.5. The molecule has 0 bridgehead atoms. The van der Waals surface area contributed by atoms with Crippen molar-refractivity contribution in [3.8, 4) is 11.8 Å². The van der Waals surface area contributed by atoms with E-state index < -0.39 is 11.4 Å². The van der Waals surface area contributed by atoms with Crippen LogP contribution in [0.15, 0.2) is 24.3 Å². The topological polar surface area (TPSA) is 91.2 Å². The predicted molar refractivity (Wildman–Crippen MR) is 83.2 cm³/mol. The summed E-state index contributed by atoms with van der Waals surface area (Å²) >= 11 is 0. The van der Waals surface area contributed by atoms with Crippen molar-refractivity contribution < 1.29 is 14.3 Å². The summed E-state index contributed by atoms with van der Waals surface area (Å²) in [5, 5.41) is 14.5. The van der Waals surface area contributed by atoms with E-state index in [1.807, 2.05) is 13.8 Å². The lowest BCUT2D eigenvalue weighted by Crippen LogP contribution is -2.50. The minimum atomic E-state index is -0.947. The number of rotatable bonds is 6. The summed E-state index contributed by atoms with van der Waals surface area (Å²) in [7, 11) is 0. The molecule has 6 nitrogen and oxygen atoms in total. The molecule has 1 aromatic rings. The Labute approximate surface area is 130 Å². The number of nitrogens with zero attached hydrogens (tertiary/aromatic N) is 1. The smallest absolute Gasteiger partial charge is 0.259 e. The van der Waals surface area contributed by atoms with Crippen LogP contribution in [0.1, 0.15) is 27.7 Å². The maximum atomic E-state index is 12.0. The van der Waals surface area contributed by atoms with Gasteiger partial charge >= 0.3 is 0 Å². The lowest BCUT2D eigenvalue weighted by Gasteiger charge is -2.27. The molecule has 0 aliphatic rings. The summed E-state index contributed by atoms with van der Waals surface area (Å²) in [5.74, 6) is -0.253. The summed E-state index contributed by atoms with van der Waals surface area (Å²) < 4.78 is 5.43. The molecular weight excluding hydrogens is 282 g/mol. The molecule has 22 heavy (non-hydrogen) atoms. The lowest BCUT2D eigenvalue weighted by atomic mass is 9.90. The molecule has 0 aliphatic carbocycles. The molecule has 6 heteroatoms.